The molecule has 0 spiro atoms. The summed E-state index contributed by atoms with van der Waals surface area (Å²) in [5, 5.41) is 5.27. The third kappa shape index (κ3) is 4.31. The quantitative estimate of drug-likeness (QED) is 0.876. The first-order chi connectivity index (χ1) is 11.8. The number of anilines is 2. The molecule has 134 valence electrons. The lowest BCUT2D eigenvalue weighted by molar-refractivity contribution is -0.137. The number of hydrogen-bond acceptors (Lipinski definition) is 4. The van der Waals surface area contributed by atoms with Gasteiger partial charge in [-0.15, -0.1) is 11.3 Å². The summed E-state index contributed by atoms with van der Waals surface area (Å²) in [5.41, 5.74) is 0.687. The molecule has 2 heterocycles. The van der Waals surface area contributed by atoms with Gasteiger partial charge in [0.25, 0.3) is 0 Å². The van der Waals surface area contributed by atoms with Crippen molar-refractivity contribution in [1.82, 2.24) is 4.98 Å². The molecule has 1 aromatic carbocycles. The second kappa shape index (κ2) is 7.03. The standard InChI is InChI=1S/C17H18F3N3OS/c1-11-21-13(10-25-11)9-16(24)22-14-8-12(17(18,19)20)4-5-15(14)23-6-2-3-7-23/h4-5,8,10H,2-3,6-7,9H2,1H3,(H,22,24). The Balaban J connectivity index is 1.84. The third-order valence-corrected chi connectivity index (χ3v) is 4.88. The number of nitrogens with one attached hydrogen (secondary N) is 1. The van der Waals surface area contributed by atoms with Crippen molar-refractivity contribution < 1.29 is 18.0 Å². The lowest BCUT2D eigenvalue weighted by Gasteiger charge is -2.23. The topological polar surface area (TPSA) is 45.2 Å². The average molecular weight is 369 g/mol. The van der Waals surface area contributed by atoms with Crippen molar-refractivity contribution in [1.29, 1.82) is 0 Å². The second-order valence-corrected chi connectivity index (χ2v) is 7.07. The highest BCUT2D eigenvalue weighted by Gasteiger charge is 2.32. The zero-order valence-electron chi connectivity index (χ0n) is 13.7. The number of halogens is 3. The Morgan fingerprint density at radius 3 is 2.64 bits per heavy atom. The van der Waals surface area contributed by atoms with E-state index in [0.717, 1.165) is 43.1 Å². The van der Waals surface area contributed by atoms with Crippen molar-refractivity contribution >= 4 is 28.6 Å². The van der Waals surface area contributed by atoms with Crippen molar-refractivity contribution in [2.45, 2.75) is 32.4 Å². The van der Waals surface area contributed by atoms with E-state index in [1.807, 2.05) is 11.8 Å². The van der Waals surface area contributed by atoms with E-state index in [-0.39, 0.29) is 18.0 Å². The first-order valence-electron chi connectivity index (χ1n) is 8.00. The van der Waals surface area contributed by atoms with Crippen LogP contribution in [0, 0.1) is 6.92 Å². The summed E-state index contributed by atoms with van der Waals surface area (Å²) >= 11 is 1.43. The molecule has 1 N–H and O–H groups in total. The number of aryl methyl sites for hydroxylation is 1. The van der Waals surface area contributed by atoms with Crippen LogP contribution in [-0.2, 0) is 17.4 Å². The minimum Gasteiger partial charge on any atom is -0.370 e. The maximum absolute atomic E-state index is 13.0. The lowest BCUT2D eigenvalue weighted by Crippen LogP contribution is -2.22. The molecule has 0 radical (unpaired) electrons. The molecular formula is C17H18F3N3OS. The van der Waals surface area contributed by atoms with Gasteiger partial charge in [-0.3, -0.25) is 4.79 Å². The zero-order valence-corrected chi connectivity index (χ0v) is 14.5. The van der Waals surface area contributed by atoms with Crippen molar-refractivity contribution in [3.63, 3.8) is 0 Å². The molecule has 0 bridgehead atoms. The van der Waals surface area contributed by atoms with Gasteiger partial charge in [-0.2, -0.15) is 13.2 Å². The Morgan fingerprint density at radius 1 is 1.32 bits per heavy atom. The average Bonchev–Trinajstić information content (AvgIpc) is 3.18. The number of rotatable bonds is 4. The van der Waals surface area contributed by atoms with Crippen molar-refractivity contribution in [2.24, 2.45) is 0 Å². The van der Waals surface area contributed by atoms with Crippen LogP contribution in [0.25, 0.3) is 0 Å². The fourth-order valence-electron chi connectivity index (χ4n) is 2.89. The van der Waals surface area contributed by atoms with Crippen LogP contribution in [0.2, 0.25) is 0 Å². The highest BCUT2D eigenvalue weighted by molar-refractivity contribution is 7.09. The first kappa shape index (κ1) is 17.7. The molecule has 1 saturated heterocycles. The van der Waals surface area contributed by atoms with Crippen LogP contribution < -0.4 is 10.2 Å². The molecule has 1 amide bonds. The van der Waals surface area contributed by atoms with Gasteiger partial charge in [0.2, 0.25) is 5.91 Å². The second-order valence-electron chi connectivity index (χ2n) is 6.01. The van der Waals surface area contributed by atoms with Gasteiger partial charge in [-0.1, -0.05) is 0 Å². The van der Waals surface area contributed by atoms with Gasteiger partial charge < -0.3 is 10.2 Å². The van der Waals surface area contributed by atoms with Gasteiger partial charge in [0.05, 0.1) is 34.1 Å². The van der Waals surface area contributed by atoms with E-state index in [0.29, 0.717) is 11.4 Å². The number of carbonyl (C=O) groups excluding carboxylic acids is 1. The van der Waals surface area contributed by atoms with E-state index in [1.165, 1.54) is 17.4 Å². The number of hydrogen-bond donors (Lipinski definition) is 1. The largest absolute Gasteiger partial charge is 0.416 e. The first-order valence-corrected chi connectivity index (χ1v) is 8.88. The summed E-state index contributed by atoms with van der Waals surface area (Å²) in [6.07, 6.45) is -2.42. The summed E-state index contributed by atoms with van der Waals surface area (Å²) in [6, 6.07) is 3.52. The Morgan fingerprint density at radius 2 is 2.04 bits per heavy atom. The smallest absolute Gasteiger partial charge is 0.370 e. The van der Waals surface area contributed by atoms with Gasteiger partial charge in [-0.25, -0.2) is 4.98 Å². The van der Waals surface area contributed by atoms with Crippen molar-refractivity contribution in [3.8, 4) is 0 Å². The van der Waals surface area contributed by atoms with Gasteiger partial charge in [0.15, 0.2) is 0 Å². The summed E-state index contributed by atoms with van der Waals surface area (Å²) in [5.74, 6) is -0.370. The van der Waals surface area contributed by atoms with E-state index in [2.05, 4.69) is 10.3 Å². The van der Waals surface area contributed by atoms with Gasteiger partial charge in [0.1, 0.15) is 0 Å². The highest BCUT2D eigenvalue weighted by Crippen LogP contribution is 2.36. The van der Waals surface area contributed by atoms with E-state index >= 15 is 0 Å². The monoisotopic (exact) mass is 369 g/mol. The van der Waals surface area contributed by atoms with Crippen LogP contribution >= 0.6 is 11.3 Å². The number of alkyl halides is 3. The Bertz CT molecular complexity index is 767. The normalized spacial score (nSPS) is 14.8. The molecule has 0 unspecified atom stereocenters. The van der Waals surface area contributed by atoms with E-state index < -0.39 is 11.7 Å². The van der Waals surface area contributed by atoms with E-state index in [1.54, 1.807) is 5.38 Å². The predicted octanol–water partition coefficient (Wildman–Crippen LogP) is 4.25. The molecule has 1 aliphatic heterocycles. The SMILES string of the molecule is Cc1nc(CC(=O)Nc2cc(C(F)(F)F)ccc2N2CCCC2)cs1. The predicted molar refractivity (Wildman–Crippen MR) is 92.1 cm³/mol. The van der Waals surface area contributed by atoms with E-state index in [9.17, 15) is 18.0 Å². The van der Waals surface area contributed by atoms with Gasteiger partial charge >= 0.3 is 6.18 Å². The number of thiazole rings is 1. The molecule has 0 saturated carbocycles. The highest BCUT2D eigenvalue weighted by atomic mass is 32.1. The number of amides is 1. The summed E-state index contributed by atoms with van der Waals surface area (Å²) in [6.45, 7) is 3.39. The maximum atomic E-state index is 13.0. The molecule has 25 heavy (non-hydrogen) atoms. The number of nitrogens with zero attached hydrogens (tertiary/aromatic N) is 2. The summed E-state index contributed by atoms with van der Waals surface area (Å²) in [7, 11) is 0. The van der Waals surface area contributed by atoms with Crippen LogP contribution in [0.5, 0.6) is 0 Å². The molecule has 1 aliphatic rings. The number of aromatic nitrogens is 1. The molecule has 0 atom stereocenters. The van der Waals surface area contributed by atoms with Crippen molar-refractivity contribution in [2.75, 3.05) is 23.3 Å². The van der Waals surface area contributed by atoms with Crippen LogP contribution in [0.3, 0.4) is 0 Å². The minimum atomic E-state index is -4.45. The number of benzene rings is 1. The fourth-order valence-corrected chi connectivity index (χ4v) is 3.51. The minimum absolute atomic E-state index is 0.0417. The van der Waals surface area contributed by atoms with E-state index in [4.69, 9.17) is 0 Å². The molecule has 0 aliphatic carbocycles. The molecular weight excluding hydrogens is 351 g/mol. The van der Waals surface area contributed by atoms with Crippen molar-refractivity contribution in [3.05, 3.63) is 39.8 Å². The van der Waals surface area contributed by atoms with Gasteiger partial charge in [0, 0.05) is 18.5 Å². The van der Waals surface area contributed by atoms with Crippen LogP contribution in [-0.4, -0.2) is 24.0 Å². The molecule has 2 aromatic rings. The molecule has 1 fully saturated rings. The Hall–Kier alpha value is -2.09. The maximum Gasteiger partial charge on any atom is 0.416 e. The van der Waals surface area contributed by atoms with Gasteiger partial charge in [-0.05, 0) is 38.0 Å². The fraction of sp³-hybridized carbons (Fsp3) is 0.412. The molecule has 8 heteroatoms. The number of carbonyl (C=O) groups is 1. The molecule has 3 rings (SSSR count). The summed E-state index contributed by atoms with van der Waals surface area (Å²) in [4.78, 5) is 18.5. The molecule has 1 aromatic heterocycles. The van der Waals surface area contributed by atoms with Crippen LogP contribution in [0.15, 0.2) is 23.6 Å². The summed E-state index contributed by atoms with van der Waals surface area (Å²) < 4.78 is 39.1. The Labute approximate surface area is 147 Å². The van der Waals surface area contributed by atoms with Crippen LogP contribution in [0.1, 0.15) is 29.1 Å². The Kier molecular flexibility index (Phi) is 4.99. The zero-order chi connectivity index (χ0) is 18.0. The lowest BCUT2D eigenvalue weighted by atomic mass is 10.1. The molecule has 4 nitrogen and oxygen atoms in total. The van der Waals surface area contributed by atoms with Crippen LogP contribution in [0.4, 0.5) is 24.5 Å². The third-order valence-electron chi connectivity index (χ3n) is 4.05.